The van der Waals surface area contributed by atoms with E-state index in [0.717, 1.165) is 19.3 Å². The Kier molecular flexibility index (Phi) is 5.50. The predicted molar refractivity (Wildman–Crippen MR) is 97.8 cm³/mol. The Morgan fingerprint density at radius 1 is 1.24 bits per heavy atom. The average Bonchev–Trinajstić information content (AvgIpc) is 3.26. The molecule has 6 nitrogen and oxygen atoms in total. The molecule has 132 valence electrons. The normalized spacial score (nSPS) is 16.0. The number of thiophene rings is 2. The van der Waals surface area contributed by atoms with E-state index >= 15 is 0 Å². The zero-order valence-electron chi connectivity index (χ0n) is 13.8. The van der Waals surface area contributed by atoms with Gasteiger partial charge in [0, 0.05) is 15.8 Å². The van der Waals surface area contributed by atoms with Gasteiger partial charge in [-0.2, -0.15) is 11.3 Å². The van der Waals surface area contributed by atoms with E-state index in [0.29, 0.717) is 16.4 Å². The molecule has 0 fully saturated rings. The van der Waals surface area contributed by atoms with Crippen molar-refractivity contribution in [2.24, 2.45) is 5.92 Å². The van der Waals surface area contributed by atoms with Crippen LogP contribution in [-0.4, -0.2) is 24.3 Å². The van der Waals surface area contributed by atoms with Crippen LogP contribution in [0.1, 0.15) is 43.8 Å². The molecule has 2 aromatic heterocycles. The Morgan fingerprint density at radius 2 is 2.08 bits per heavy atom. The van der Waals surface area contributed by atoms with E-state index in [1.165, 1.54) is 33.1 Å². The fraction of sp³-hybridized carbons (Fsp3) is 0.353. The quantitative estimate of drug-likeness (QED) is 0.713. The van der Waals surface area contributed by atoms with Gasteiger partial charge in [-0.1, -0.05) is 6.92 Å². The molecule has 1 aliphatic carbocycles. The monoisotopic (exact) mass is 377 g/mol. The number of hydrogen-bond acceptors (Lipinski definition) is 5. The molecule has 0 saturated carbocycles. The van der Waals surface area contributed by atoms with E-state index in [1.807, 2.05) is 6.07 Å². The van der Waals surface area contributed by atoms with Crippen LogP contribution in [0.4, 0.5) is 0 Å². The minimum Gasteiger partial charge on any atom is -0.343 e. The summed E-state index contributed by atoms with van der Waals surface area (Å²) in [5, 5.41) is 5.99. The van der Waals surface area contributed by atoms with E-state index < -0.39 is 5.91 Å². The van der Waals surface area contributed by atoms with Crippen LogP contribution in [0.2, 0.25) is 0 Å². The topological polar surface area (TPSA) is 87.3 Å². The fourth-order valence-corrected chi connectivity index (χ4v) is 4.45. The molecule has 8 heteroatoms. The Balaban J connectivity index is 1.46. The van der Waals surface area contributed by atoms with Gasteiger partial charge < -0.3 is 5.32 Å². The Bertz CT molecular complexity index is 783. The van der Waals surface area contributed by atoms with E-state index in [-0.39, 0.29) is 18.4 Å². The van der Waals surface area contributed by atoms with Crippen LogP contribution in [0, 0.1) is 5.92 Å². The second-order valence-electron chi connectivity index (χ2n) is 6.10. The number of hydrogen-bond donors (Lipinski definition) is 3. The van der Waals surface area contributed by atoms with Crippen molar-refractivity contribution >= 4 is 40.4 Å². The highest BCUT2D eigenvalue weighted by Gasteiger charge is 2.20. The molecule has 1 atom stereocenters. The van der Waals surface area contributed by atoms with Crippen LogP contribution in [0.15, 0.2) is 22.9 Å². The van der Waals surface area contributed by atoms with Gasteiger partial charge in [0.1, 0.15) is 0 Å². The van der Waals surface area contributed by atoms with Gasteiger partial charge >= 0.3 is 0 Å². The van der Waals surface area contributed by atoms with Crippen molar-refractivity contribution < 1.29 is 14.4 Å². The summed E-state index contributed by atoms with van der Waals surface area (Å²) in [6.45, 7) is 2.01. The second-order valence-corrected chi connectivity index (χ2v) is 8.02. The van der Waals surface area contributed by atoms with Crippen molar-refractivity contribution in [2.45, 2.75) is 26.2 Å². The molecular formula is C17H19N3O3S2. The standard InChI is InChI=1S/C17H19N3O3S2/c1-10-2-3-13-12(6-10)7-14(25-13)17(23)20-19-15(21)8-18-16(22)11-4-5-24-9-11/h4-5,7,9-10H,2-3,6,8H2,1H3,(H,18,22)(H,19,21)(H,20,23). The summed E-state index contributed by atoms with van der Waals surface area (Å²) in [5.74, 6) is -0.483. The number of fused-ring (bicyclic) bond motifs is 1. The first kappa shape index (κ1) is 17.6. The molecule has 0 spiro atoms. The van der Waals surface area contributed by atoms with Crippen molar-refractivity contribution in [3.05, 3.63) is 43.8 Å². The minimum absolute atomic E-state index is 0.201. The van der Waals surface area contributed by atoms with E-state index in [1.54, 1.807) is 16.8 Å². The van der Waals surface area contributed by atoms with Crippen LogP contribution >= 0.6 is 22.7 Å². The third kappa shape index (κ3) is 4.46. The summed E-state index contributed by atoms with van der Waals surface area (Å²) in [5.41, 5.74) is 6.48. The third-order valence-corrected chi connectivity index (χ3v) is 5.98. The maximum absolute atomic E-state index is 12.2. The van der Waals surface area contributed by atoms with Gasteiger partial charge in [0.25, 0.3) is 17.7 Å². The molecule has 0 bridgehead atoms. The first-order valence-corrected chi connectivity index (χ1v) is 9.80. The van der Waals surface area contributed by atoms with Crippen molar-refractivity contribution in [2.75, 3.05) is 6.54 Å². The number of aryl methyl sites for hydroxylation is 1. The van der Waals surface area contributed by atoms with E-state index in [2.05, 4.69) is 23.1 Å². The lowest BCUT2D eigenvalue weighted by atomic mass is 9.90. The Labute approximate surface area is 153 Å². The van der Waals surface area contributed by atoms with Crippen LogP contribution in [0.25, 0.3) is 0 Å². The SMILES string of the molecule is CC1CCc2sc(C(=O)NNC(=O)CNC(=O)c3ccsc3)cc2C1. The van der Waals surface area contributed by atoms with Crippen LogP contribution in [0.5, 0.6) is 0 Å². The zero-order chi connectivity index (χ0) is 17.8. The van der Waals surface area contributed by atoms with Crippen LogP contribution in [0.3, 0.4) is 0 Å². The van der Waals surface area contributed by atoms with E-state index in [4.69, 9.17) is 0 Å². The number of carbonyl (C=O) groups is 3. The summed E-state index contributed by atoms with van der Waals surface area (Å²) in [6, 6.07) is 3.59. The molecular weight excluding hydrogens is 358 g/mol. The van der Waals surface area contributed by atoms with Gasteiger partial charge in [0.2, 0.25) is 0 Å². The van der Waals surface area contributed by atoms with Crippen LogP contribution in [-0.2, 0) is 17.6 Å². The summed E-state index contributed by atoms with van der Waals surface area (Å²) in [6.07, 6.45) is 3.16. The molecule has 0 aromatic carbocycles. The first-order valence-electron chi connectivity index (χ1n) is 8.04. The smallest absolute Gasteiger partial charge is 0.279 e. The lowest BCUT2D eigenvalue weighted by Crippen LogP contribution is -2.46. The third-order valence-electron chi connectivity index (χ3n) is 4.06. The van der Waals surface area contributed by atoms with Crippen LogP contribution < -0.4 is 16.2 Å². The molecule has 1 unspecified atom stereocenters. The maximum Gasteiger partial charge on any atom is 0.279 e. The molecule has 3 N–H and O–H groups in total. The highest BCUT2D eigenvalue weighted by Crippen LogP contribution is 2.32. The summed E-state index contributed by atoms with van der Waals surface area (Å²) in [4.78, 5) is 37.5. The fourth-order valence-electron chi connectivity index (χ4n) is 2.71. The largest absolute Gasteiger partial charge is 0.343 e. The molecule has 1 aliphatic rings. The molecule has 0 radical (unpaired) electrons. The summed E-state index contributed by atoms with van der Waals surface area (Å²) in [7, 11) is 0. The first-order chi connectivity index (χ1) is 12.0. The predicted octanol–water partition coefficient (Wildman–Crippen LogP) is 2.13. The van der Waals surface area contributed by atoms with Gasteiger partial charge in [-0.25, -0.2) is 0 Å². The number of nitrogens with one attached hydrogen (secondary N) is 3. The van der Waals surface area contributed by atoms with Gasteiger partial charge in [-0.05, 0) is 48.3 Å². The molecule has 3 amide bonds. The molecule has 0 saturated heterocycles. The van der Waals surface area contributed by atoms with Crippen molar-refractivity contribution in [3.8, 4) is 0 Å². The summed E-state index contributed by atoms with van der Waals surface area (Å²) < 4.78 is 0. The minimum atomic E-state index is -0.480. The number of amides is 3. The van der Waals surface area contributed by atoms with Gasteiger partial charge in [0.15, 0.2) is 0 Å². The van der Waals surface area contributed by atoms with Crippen molar-refractivity contribution in [3.63, 3.8) is 0 Å². The molecule has 2 aromatic rings. The molecule has 25 heavy (non-hydrogen) atoms. The van der Waals surface area contributed by atoms with Gasteiger partial charge in [-0.3, -0.25) is 25.2 Å². The second kappa shape index (κ2) is 7.79. The lowest BCUT2D eigenvalue weighted by Gasteiger charge is -2.16. The van der Waals surface area contributed by atoms with Gasteiger partial charge in [0.05, 0.1) is 11.4 Å². The molecule has 0 aliphatic heterocycles. The van der Waals surface area contributed by atoms with Crippen molar-refractivity contribution in [1.29, 1.82) is 0 Å². The number of carbonyl (C=O) groups excluding carboxylic acids is 3. The highest BCUT2D eigenvalue weighted by molar-refractivity contribution is 7.14. The van der Waals surface area contributed by atoms with Crippen molar-refractivity contribution in [1.82, 2.24) is 16.2 Å². The molecule has 3 rings (SSSR count). The Hall–Kier alpha value is -2.19. The van der Waals surface area contributed by atoms with E-state index in [9.17, 15) is 14.4 Å². The van der Waals surface area contributed by atoms with Gasteiger partial charge in [-0.15, -0.1) is 11.3 Å². The highest BCUT2D eigenvalue weighted by atomic mass is 32.1. The average molecular weight is 377 g/mol. The number of hydrazine groups is 1. The number of rotatable bonds is 4. The Morgan fingerprint density at radius 3 is 2.84 bits per heavy atom. The lowest BCUT2D eigenvalue weighted by molar-refractivity contribution is -0.120. The summed E-state index contributed by atoms with van der Waals surface area (Å²) >= 11 is 2.89. The molecule has 2 heterocycles. The maximum atomic E-state index is 12.2. The zero-order valence-corrected chi connectivity index (χ0v) is 15.4.